The van der Waals surface area contributed by atoms with Crippen molar-refractivity contribution >= 4 is 46.6 Å². The number of aromatic amines is 1. The number of aromatic nitrogens is 7. The fourth-order valence-corrected chi connectivity index (χ4v) is 5.52. The molecule has 0 fully saturated rings. The van der Waals surface area contributed by atoms with E-state index in [4.69, 9.17) is 49.3 Å². The first-order valence-corrected chi connectivity index (χ1v) is 14.2. The Hall–Kier alpha value is -4.23. The second-order valence-electron chi connectivity index (χ2n) is 9.62. The monoisotopic (exact) mass is 640 g/mol. The summed E-state index contributed by atoms with van der Waals surface area (Å²) in [6.07, 6.45) is 3.73. The van der Waals surface area contributed by atoms with Gasteiger partial charge in [-0.25, -0.2) is 14.5 Å². The summed E-state index contributed by atoms with van der Waals surface area (Å²) in [5.41, 5.74) is 4.11. The minimum atomic E-state index is -0.616. The van der Waals surface area contributed by atoms with Gasteiger partial charge in [0.2, 0.25) is 0 Å². The van der Waals surface area contributed by atoms with Crippen LogP contribution in [0.4, 0.5) is 10.5 Å². The Balaban J connectivity index is 1.26. The van der Waals surface area contributed by atoms with Crippen LogP contribution in [0.3, 0.4) is 0 Å². The second-order valence-corrected chi connectivity index (χ2v) is 10.8. The van der Waals surface area contributed by atoms with Gasteiger partial charge < -0.3 is 19.0 Å². The zero-order valence-corrected chi connectivity index (χ0v) is 24.8. The number of hydrogen-bond donors (Lipinski definition) is 2. The molecule has 1 aromatic carbocycles. The number of nitrogens with zero attached hydrogens (tertiary/aromatic N) is 6. The molecule has 0 saturated heterocycles. The van der Waals surface area contributed by atoms with Crippen LogP contribution in [0, 0.1) is 0 Å². The van der Waals surface area contributed by atoms with Crippen LogP contribution in [-0.4, -0.2) is 60.9 Å². The van der Waals surface area contributed by atoms with Gasteiger partial charge in [-0.2, -0.15) is 0 Å². The molecule has 5 heterocycles. The summed E-state index contributed by atoms with van der Waals surface area (Å²) in [6.45, 7) is 0.431. The second kappa shape index (κ2) is 12.2. The Morgan fingerprint density at radius 2 is 2.00 bits per heavy atom. The highest BCUT2D eigenvalue weighted by Crippen LogP contribution is 2.36. The molecule has 0 aliphatic carbocycles. The van der Waals surface area contributed by atoms with Crippen LogP contribution < -0.4 is 10.9 Å². The van der Waals surface area contributed by atoms with Crippen LogP contribution in [0.1, 0.15) is 24.0 Å². The molecule has 1 atom stereocenters. The molecule has 0 unspecified atom stereocenters. The fourth-order valence-electron chi connectivity index (χ4n) is 4.99. The van der Waals surface area contributed by atoms with E-state index in [9.17, 15) is 9.59 Å². The lowest BCUT2D eigenvalue weighted by molar-refractivity contribution is 0.107. The predicted molar refractivity (Wildman–Crippen MR) is 161 cm³/mol. The largest absolute Gasteiger partial charge is 0.447 e. The Morgan fingerprint density at radius 1 is 1.14 bits per heavy atom. The van der Waals surface area contributed by atoms with E-state index in [1.807, 2.05) is 6.07 Å². The molecule has 12 nitrogen and oxygen atoms in total. The van der Waals surface area contributed by atoms with E-state index in [-0.39, 0.29) is 28.5 Å². The number of carbonyl (C=O) groups is 1. The summed E-state index contributed by atoms with van der Waals surface area (Å²) in [6, 6.07) is 11.8. The molecule has 15 heteroatoms. The van der Waals surface area contributed by atoms with E-state index in [2.05, 4.69) is 25.6 Å². The van der Waals surface area contributed by atoms with Crippen molar-refractivity contribution in [3.63, 3.8) is 0 Å². The van der Waals surface area contributed by atoms with Crippen molar-refractivity contribution in [3.05, 3.63) is 92.1 Å². The average Bonchev–Trinajstić information content (AvgIpc) is 3.72. The third-order valence-electron chi connectivity index (χ3n) is 6.88. The number of aryl methyl sites for hydroxylation is 1. The van der Waals surface area contributed by atoms with Gasteiger partial charge >= 0.3 is 6.09 Å². The quantitative estimate of drug-likeness (QED) is 0.210. The fraction of sp³-hybridized carbons (Fsp3) is 0.214. The van der Waals surface area contributed by atoms with E-state index in [1.54, 1.807) is 51.8 Å². The summed E-state index contributed by atoms with van der Waals surface area (Å²) in [7, 11) is 1.52. The van der Waals surface area contributed by atoms with Gasteiger partial charge in [-0.15, -0.1) is 5.10 Å². The summed E-state index contributed by atoms with van der Waals surface area (Å²) >= 11 is 18.9. The van der Waals surface area contributed by atoms with E-state index >= 15 is 0 Å². The zero-order valence-electron chi connectivity index (χ0n) is 22.6. The van der Waals surface area contributed by atoms with E-state index in [1.165, 1.54) is 13.3 Å². The smallest absolute Gasteiger partial charge is 0.411 e. The van der Waals surface area contributed by atoms with Crippen LogP contribution >= 0.6 is 34.8 Å². The topological polar surface area (TPSA) is 142 Å². The Bertz CT molecular complexity index is 1870. The third kappa shape index (κ3) is 6.00. The lowest BCUT2D eigenvalue weighted by Crippen LogP contribution is -2.24. The maximum atomic E-state index is 13.5. The van der Waals surface area contributed by atoms with E-state index in [0.717, 1.165) is 5.69 Å². The first kappa shape index (κ1) is 28.9. The van der Waals surface area contributed by atoms with Gasteiger partial charge in [-0.3, -0.25) is 15.1 Å². The third-order valence-corrected chi connectivity index (χ3v) is 7.56. The SMILES string of the molecule is COCCOC(=O)Nc1ccc(-c2nc([C@@H]3CCc4cc(-c5cc(Cl)ccc5-n5cc(Cl)nn5)cc(=O)n43)[nH]c2Cl)nc1. The number of imidazole rings is 1. The minimum Gasteiger partial charge on any atom is -0.447 e. The summed E-state index contributed by atoms with van der Waals surface area (Å²) < 4.78 is 13.1. The number of methoxy groups -OCH3 is 1. The average molecular weight is 642 g/mol. The molecule has 220 valence electrons. The first-order valence-electron chi connectivity index (χ1n) is 13.1. The lowest BCUT2D eigenvalue weighted by Gasteiger charge is -2.15. The zero-order chi connectivity index (χ0) is 30.1. The minimum absolute atomic E-state index is 0.133. The molecule has 6 rings (SSSR count). The van der Waals surface area contributed by atoms with Crippen LogP contribution in [0.15, 0.2) is 59.7 Å². The highest BCUT2D eigenvalue weighted by atomic mass is 35.5. The summed E-state index contributed by atoms with van der Waals surface area (Å²) in [5, 5.41) is 11.6. The van der Waals surface area contributed by atoms with Crippen molar-refractivity contribution in [2.75, 3.05) is 25.6 Å². The van der Waals surface area contributed by atoms with Gasteiger partial charge in [0.25, 0.3) is 5.56 Å². The molecule has 0 spiro atoms. The summed E-state index contributed by atoms with van der Waals surface area (Å²) in [4.78, 5) is 37.6. The number of ether oxygens (including phenoxy) is 2. The molecular formula is C28H23Cl3N8O4. The van der Waals surface area contributed by atoms with Crippen LogP contribution in [0.2, 0.25) is 15.3 Å². The maximum absolute atomic E-state index is 13.5. The molecule has 4 aromatic heterocycles. The number of carbonyl (C=O) groups excluding carboxylic acids is 1. The number of rotatable bonds is 8. The molecule has 2 N–H and O–H groups in total. The standard InChI is InChI=1S/C28H23Cl3N8O4/c1-42-8-9-43-28(41)33-17-3-5-20(32-13-17)25-26(31)35-27(34-25)22-7-4-18-10-15(11-24(40)39(18)22)19-12-16(29)2-6-21(19)38-14-23(30)36-37-38/h2-3,5-6,10-14,22H,4,7-9H2,1H3,(H,33,41)(H,34,35)/t22-/m0/s1. The number of amides is 1. The van der Waals surface area contributed by atoms with Crippen molar-refractivity contribution in [2.24, 2.45) is 0 Å². The molecule has 5 aromatic rings. The van der Waals surface area contributed by atoms with Gasteiger partial charge in [0, 0.05) is 29.5 Å². The number of benzene rings is 1. The van der Waals surface area contributed by atoms with Crippen molar-refractivity contribution < 1.29 is 14.3 Å². The van der Waals surface area contributed by atoms with Crippen LogP contribution in [-0.2, 0) is 15.9 Å². The molecule has 0 saturated carbocycles. The normalized spacial score (nSPS) is 14.1. The first-order chi connectivity index (χ1) is 20.8. The number of anilines is 1. The lowest BCUT2D eigenvalue weighted by atomic mass is 10.0. The van der Waals surface area contributed by atoms with E-state index < -0.39 is 6.09 Å². The number of H-pyrrole nitrogens is 1. The number of nitrogens with one attached hydrogen (secondary N) is 2. The van der Waals surface area contributed by atoms with Crippen molar-refractivity contribution in [1.29, 1.82) is 0 Å². The van der Waals surface area contributed by atoms with Crippen molar-refractivity contribution in [2.45, 2.75) is 18.9 Å². The van der Waals surface area contributed by atoms with Crippen molar-refractivity contribution in [3.8, 4) is 28.2 Å². The van der Waals surface area contributed by atoms with Gasteiger partial charge in [-0.1, -0.05) is 40.0 Å². The number of fused-ring (bicyclic) bond motifs is 1. The van der Waals surface area contributed by atoms with Crippen LogP contribution in [0.5, 0.6) is 0 Å². The predicted octanol–water partition coefficient (Wildman–Crippen LogP) is 5.57. The molecule has 1 aliphatic rings. The molecule has 43 heavy (non-hydrogen) atoms. The van der Waals surface area contributed by atoms with Gasteiger partial charge in [-0.05, 0) is 54.8 Å². The van der Waals surface area contributed by atoms with Crippen LogP contribution in [0.25, 0.3) is 28.2 Å². The number of pyridine rings is 2. The van der Waals surface area contributed by atoms with E-state index in [0.29, 0.717) is 64.2 Å². The Kier molecular flexibility index (Phi) is 8.17. The molecular weight excluding hydrogens is 619 g/mol. The summed E-state index contributed by atoms with van der Waals surface area (Å²) in [5.74, 6) is 0.542. The Morgan fingerprint density at radius 3 is 2.74 bits per heavy atom. The molecule has 0 bridgehead atoms. The highest BCUT2D eigenvalue weighted by molar-refractivity contribution is 6.32. The van der Waals surface area contributed by atoms with Gasteiger partial charge in [0.15, 0.2) is 5.15 Å². The highest BCUT2D eigenvalue weighted by Gasteiger charge is 2.29. The Labute approximate surface area is 259 Å². The number of hydrogen-bond acceptors (Lipinski definition) is 8. The number of halogens is 3. The molecule has 1 aliphatic heterocycles. The van der Waals surface area contributed by atoms with Gasteiger partial charge in [0.1, 0.15) is 23.3 Å². The molecule has 1 amide bonds. The van der Waals surface area contributed by atoms with Gasteiger partial charge in [0.05, 0.1) is 42.1 Å². The maximum Gasteiger partial charge on any atom is 0.411 e. The van der Waals surface area contributed by atoms with Crippen molar-refractivity contribution in [1.82, 2.24) is 34.5 Å². The molecule has 0 radical (unpaired) electrons.